The van der Waals surface area contributed by atoms with Crippen LogP contribution >= 0.6 is 0 Å². The quantitative estimate of drug-likeness (QED) is 0.792. The van der Waals surface area contributed by atoms with Crippen molar-refractivity contribution < 1.29 is 4.79 Å². The van der Waals surface area contributed by atoms with Crippen molar-refractivity contribution in [1.82, 2.24) is 5.32 Å². The molecule has 1 heterocycles. The summed E-state index contributed by atoms with van der Waals surface area (Å²) in [6.45, 7) is 5.39. The first-order valence-corrected chi connectivity index (χ1v) is 8.42. The second-order valence-electron chi connectivity index (χ2n) is 5.96. The topological polar surface area (TPSA) is 41.1 Å². The number of hydrogen-bond acceptors (Lipinski definition) is 2. The maximum Gasteiger partial charge on any atom is 0.251 e. The molecule has 3 nitrogen and oxygen atoms in total. The van der Waals surface area contributed by atoms with Gasteiger partial charge in [0.15, 0.2) is 0 Å². The van der Waals surface area contributed by atoms with Gasteiger partial charge in [-0.3, -0.25) is 4.79 Å². The first-order valence-electron chi connectivity index (χ1n) is 8.42. The number of amides is 1. The summed E-state index contributed by atoms with van der Waals surface area (Å²) in [5.74, 6) is 0.102. The standard InChI is InChI=1S/C18H28N2O/c1-3-5-9-14(8-4-2)20-18(21)16-10-6-12-17-15(16)11-7-13-19-17/h6,10,12,14,19H,3-5,7-9,11,13H2,1-2H3,(H,20,21). The molecule has 2 N–H and O–H groups in total. The van der Waals surface area contributed by atoms with Crippen LogP contribution in [0.2, 0.25) is 0 Å². The zero-order chi connectivity index (χ0) is 15.1. The van der Waals surface area contributed by atoms with Crippen molar-refractivity contribution in [3.8, 4) is 0 Å². The highest BCUT2D eigenvalue weighted by molar-refractivity contribution is 5.97. The van der Waals surface area contributed by atoms with Gasteiger partial charge in [0.05, 0.1) is 0 Å². The van der Waals surface area contributed by atoms with Gasteiger partial charge in [-0.15, -0.1) is 0 Å². The van der Waals surface area contributed by atoms with Crippen LogP contribution in [0.25, 0.3) is 0 Å². The minimum atomic E-state index is 0.102. The van der Waals surface area contributed by atoms with Crippen LogP contribution in [0.3, 0.4) is 0 Å². The van der Waals surface area contributed by atoms with Gasteiger partial charge in [0.25, 0.3) is 5.91 Å². The molecule has 1 aliphatic heterocycles. The summed E-state index contributed by atoms with van der Waals surface area (Å²) >= 11 is 0. The summed E-state index contributed by atoms with van der Waals surface area (Å²) in [6.07, 6.45) is 7.73. The van der Waals surface area contributed by atoms with Crippen LogP contribution in [0.1, 0.15) is 68.3 Å². The Morgan fingerprint density at radius 1 is 1.29 bits per heavy atom. The summed E-state index contributed by atoms with van der Waals surface area (Å²) in [4.78, 5) is 12.6. The predicted molar refractivity (Wildman–Crippen MR) is 88.9 cm³/mol. The predicted octanol–water partition coefficient (Wildman–Crippen LogP) is 4.13. The van der Waals surface area contributed by atoms with Gasteiger partial charge < -0.3 is 10.6 Å². The van der Waals surface area contributed by atoms with Crippen LogP contribution in [0, 0.1) is 0 Å². The van der Waals surface area contributed by atoms with Crippen LogP contribution in [-0.2, 0) is 6.42 Å². The number of unbranched alkanes of at least 4 members (excludes halogenated alkanes) is 1. The minimum absolute atomic E-state index is 0.102. The second-order valence-corrected chi connectivity index (χ2v) is 5.96. The molecular weight excluding hydrogens is 260 g/mol. The SMILES string of the molecule is CCCCC(CCC)NC(=O)c1cccc2c1CCCN2. The van der Waals surface area contributed by atoms with Gasteiger partial charge in [-0.2, -0.15) is 0 Å². The third kappa shape index (κ3) is 4.23. The smallest absolute Gasteiger partial charge is 0.251 e. The van der Waals surface area contributed by atoms with Crippen molar-refractivity contribution in [2.75, 3.05) is 11.9 Å². The summed E-state index contributed by atoms with van der Waals surface area (Å²) in [6, 6.07) is 6.33. The highest BCUT2D eigenvalue weighted by Gasteiger charge is 2.19. The van der Waals surface area contributed by atoms with E-state index in [1.807, 2.05) is 12.1 Å². The Kier molecular flexibility index (Phi) is 6.09. The van der Waals surface area contributed by atoms with E-state index in [1.54, 1.807) is 0 Å². The molecule has 2 rings (SSSR count). The van der Waals surface area contributed by atoms with Crippen molar-refractivity contribution in [1.29, 1.82) is 0 Å². The van der Waals surface area contributed by atoms with E-state index < -0.39 is 0 Å². The van der Waals surface area contributed by atoms with Crippen molar-refractivity contribution in [3.05, 3.63) is 29.3 Å². The Labute approximate surface area is 128 Å². The number of carbonyl (C=O) groups is 1. The molecule has 1 aliphatic rings. The molecule has 1 aromatic rings. The average Bonchev–Trinajstić information content (AvgIpc) is 2.52. The number of carbonyl (C=O) groups excluding carboxylic acids is 1. The Bertz CT molecular complexity index is 470. The van der Waals surface area contributed by atoms with Crippen LogP contribution < -0.4 is 10.6 Å². The Balaban J connectivity index is 2.08. The normalized spacial score (nSPS) is 15.0. The van der Waals surface area contributed by atoms with Crippen LogP contribution in [0.4, 0.5) is 5.69 Å². The van der Waals surface area contributed by atoms with Gasteiger partial charge in [-0.25, -0.2) is 0 Å². The van der Waals surface area contributed by atoms with Gasteiger partial charge in [0, 0.05) is 23.8 Å². The maximum absolute atomic E-state index is 12.6. The Morgan fingerprint density at radius 2 is 2.14 bits per heavy atom. The Hall–Kier alpha value is -1.51. The zero-order valence-electron chi connectivity index (χ0n) is 13.4. The van der Waals surface area contributed by atoms with E-state index in [0.29, 0.717) is 6.04 Å². The first-order chi connectivity index (χ1) is 10.3. The van der Waals surface area contributed by atoms with Crippen molar-refractivity contribution in [3.63, 3.8) is 0 Å². The van der Waals surface area contributed by atoms with E-state index in [0.717, 1.165) is 49.9 Å². The van der Waals surface area contributed by atoms with E-state index in [9.17, 15) is 4.79 Å². The van der Waals surface area contributed by atoms with Crippen molar-refractivity contribution >= 4 is 11.6 Å². The molecule has 0 saturated heterocycles. The van der Waals surface area contributed by atoms with E-state index in [2.05, 4.69) is 30.5 Å². The average molecular weight is 288 g/mol. The number of hydrogen-bond donors (Lipinski definition) is 2. The van der Waals surface area contributed by atoms with Crippen LogP contribution in [0.5, 0.6) is 0 Å². The molecule has 0 saturated carbocycles. The van der Waals surface area contributed by atoms with E-state index in [-0.39, 0.29) is 5.91 Å². The monoisotopic (exact) mass is 288 g/mol. The second kappa shape index (κ2) is 8.06. The molecule has 1 atom stereocenters. The summed E-state index contributed by atoms with van der Waals surface area (Å²) in [5, 5.41) is 6.64. The third-order valence-corrected chi connectivity index (χ3v) is 4.22. The lowest BCUT2D eigenvalue weighted by atomic mass is 9.96. The molecule has 0 aliphatic carbocycles. The van der Waals surface area contributed by atoms with Gasteiger partial charge in [-0.05, 0) is 43.4 Å². The van der Waals surface area contributed by atoms with Crippen molar-refractivity contribution in [2.45, 2.75) is 64.8 Å². The fraction of sp³-hybridized carbons (Fsp3) is 0.611. The van der Waals surface area contributed by atoms with Gasteiger partial charge in [0.2, 0.25) is 0 Å². The Morgan fingerprint density at radius 3 is 2.90 bits per heavy atom. The van der Waals surface area contributed by atoms with Gasteiger partial charge in [-0.1, -0.05) is 39.2 Å². The molecular formula is C18H28N2O. The lowest BCUT2D eigenvalue weighted by Gasteiger charge is -2.23. The molecule has 116 valence electrons. The molecule has 0 radical (unpaired) electrons. The van der Waals surface area contributed by atoms with Crippen molar-refractivity contribution in [2.24, 2.45) is 0 Å². The number of rotatable bonds is 7. The van der Waals surface area contributed by atoms with Gasteiger partial charge >= 0.3 is 0 Å². The molecule has 0 aromatic heterocycles. The fourth-order valence-electron chi connectivity index (χ4n) is 3.07. The minimum Gasteiger partial charge on any atom is -0.385 e. The van der Waals surface area contributed by atoms with E-state index in [1.165, 1.54) is 18.4 Å². The summed E-state index contributed by atoms with van der Waals surface area (Å²) in [5.41, 5.74) is 3.18. The van der Waals surface area contributed by atoms with E-state index >= 15 is 0 Å². The van der Waals surface area contributed by atoms with Crippen LogP contribution in [0.15, 0.2) is 18.2 Å². The third-order valence-electron chi connectivity index (χ3n) is 4.22. The molecule has 21 heavy (non-hydrogen) atoms. The number of nitrogens with one attached hydrogen (secondary N) is 2. The molecule has 1 amide bonds. The molecule has 0 spiro atoms. The molecule has 0 fully saturated rings. The maximum atomic E-state index is 12.6. The largest absolute Gasteiger partial charge is 0.385 e. The fourth-order valence-corrected chi connectivity index (χ4v) is 3.07. The number of benzene rings is 1. The lowest BCUT2D eigenvalue weighted by molar-refractivity contribution is 0.0931. The number of anilines is 1. The number of fused-ring (bicyclic) bond motifs is 1. The molecule has 1 unspecified atom stereocenters. The molecule has 1 aromatic carbocycles. The van der Waals surface area contributed by atoms with Crippen LogP contribution in [-0.4, -0.2) is 18.5 Å². The zero-order valence-corrected chi connectivity index (χ0v) is 13.4. The van der Waals surface area contributed by atoms with Gasteiger partial charge in [0.1, 0.15) is 0 Å². The molecule has 0 bridgehead atoms. The van der Waals surface area contributed by atoms with E-state index in [4.69, 9.17) is 0 Å². The highest BCUT2D eigenvalue weighted by atomic mass is 16.1. The first kappa shape index (κ1) is 15.9. The highest BCUT2D eigenvalue weighted by Crippen LogP contribution is 2.25. The summed E-state index contributed by atoms with van der Waals surface area (Å²) < 4.78 is 0. The molecule has 3 heteroatoms. The summed E-state index contributed by atoms with van der Waals surface area (Å²) in [7, 11) is 0. The lowest BCUT2D eigenvalue weighted by Crippen LogP contribution is -2.35.